The number of nitrogens with zero attached hydrogens (tertiary/aromatic N) is 1. The molecule has 0 unspecified atom stereocenters. The molecule has 3 aromatic carbocycles. The van der Waals surface area contributed by atoms with E-state index in [1.165, 1.54) is 7.11 Å². The topological polar surface area (TPSA) is 96.0 Å². The summed E-state index contributed by atoms with van der Waals surface area (Å²) >= 11 is 0. The molecule has 0 fully saturated rings. The monoisotopic (exact) mass is 494 g/mol. The lowest BCUT2D eigenvalue weighted by Gasteiger charge is -2.22. The van der Waals surface area contributed by atoms with E-state index in [0.29, 0.717) is 39.6 Å². The van der Waals surface area contributed by atoms with Crippen LogP contribution in [0.3, 0.4) is 0 Å². The van der Waals surface area contributed by atoms with Crippen LogP contribution in [-0.2, 0) is 10.0 Å². The maximum atomic E-state index is 13.4. The number of sulfonamides is 1. The Bertz CT molecular complexity index is 1440. The minimum atomic E-state index is -3.91. The number of methoxy groups -OCH3 is 4. The Morgan fingerprint density at radius 3 is 2.03 bits per heavy atom. The first-order chi connectivity index (χ1) is 16.9. The SMILES string of the molecule is COc1ccc([C@H](NS(=O)(=O)c2ccccc2)c2nccc3cc(OC)c(OC)cc23)cc1OC. The Hall–Kier alpha value is -3.82. The van der Waals surface area contributed by atoms with Gasteiger partial charge in [-0.15, -0.1) is 0 Å². The van der Waals surface area contributed by atoms with Crippen LogP contribution in [0.2, 0.25) is 0 Å². The smallest absolute Gasteiger partial charge is 0.241 e. The zero-order valence-corrected chi connectivity index (χ0v) is 20.6. The summed E-state index contributed by atoms with van der Waals surface area (Å²) in [7, 11) is 2.27. The highest BCUT2D eigenvalue weighted by molar-refractivity contribution is 7.89. The van der Waals surface area contributed by atoms with Crippen molar-refractivity contribution in [3.63, 3.8) is 0 Å². The molecule has 1 atom stereocenters. The molecular weight excluding hydrogens is 468 g/mol. The summed E-state index contributed by atoms with van der Waals surface area (Å²) in [5, 5.41) is 1.53. The van der Waals surface area contributed by atoms with Crippen LogP contribution in [0.5, 0.6) is 23.0 Å². The second kappa shape index (κ2) is 10.2. The number of hydrogen-bond donors (Lipinski definition) is 1. The molecule has 4 rings (SSSR count). The zero-order valence-electron chi connectivity index (χ0n) is 19.8. The van der Waals surface area contributed by atoms with E-state index >= 15 is 0 Å². The Labute approximate surface area is 204 Å². The van der Waals surface area contributed by atoms with Gasteiger partial charge in [-0.25, -0.2) is 8.42 Å². The van der Waals surface area contributed by atoms with Gasteiger partial charge >= 0.3 is 0 Å². The molecule has 0 radical (unpaired) electrons. The van der Waals surface area contributed by atoms with Crippen LogP contribution < -0.4 is 23.7 Å². The van der Waals surface area contributed by atoms with Crippen molar-refractivity contribution in [1.29, 1.82) is 0 Å². The molecule has 0 bridgehead atoms. The third-order valence-electron chi connectivity index (χ3n) is 5.64. The minimum Gasteiger partial charge on any atom is -0.493 e. The highest BCUT2D eigenvalue weighted by Crippen LogP contribution is 2.38. The standard InChI is InChI=1S/C26H26N2O6S/c1-31-21-11-10-18(15-22(21)32-2)25(28-35(29,30)19-8-6-5-7-9-19)26-20-16-24(34-4)23(33-3)14-17(20)12-13-27-26/h5-16,25,28H,1-4H3/t25-/m0/s1. The van der Waals surface area contributed by atoms with Crippen molar-refractivity contribution < 1.29 is 27.4 Å². The summed E-state index contributed by atoms with van der Waals surface area (Å²) < 4.78 is 51.4. The third-order valence-corrected chi connectivity index (χ3v) is 7.08. The molecule has 1 heterocycles. The van der Waals surface area contributed by atoms with Crippen molar-refractivity contribution in [2.24, 2.45) is 0 Å². The zero-order chi connectivity index (χ0) is 25.0. The molecule has 0 amide bonds. The number of ether oxygens (including phenoxy) is 4. The van der Waals surface area contributed by atoms with Gasteiger partial charge in [0.25, 0.3) is 0 Å². The Morgan fingerprint density at radius 1 is 0.743 bits per heavy atom. The van der Waals surface area contributed by atoms with Gasteiger partial charge in [-0.2, -0.15) is 4.72 Å². The maximum absolute atomic E-state index is 13.4. The molecule has 0 saturated heterocycles. The minimum absolute atomic E-state index is 0.143. The molecule has 1 N–H and O–H groups in total. The first-order valence-electron chi connectivity index (χ1n) is 10.7. The second-order valence-electron chi connectivity index (χ2n) is 7.61. The molecule has 0 aliphatic carbocycles. The van der Waals surface area contributed by atoms with Crippen LogP contribution in [0, 0.1) is 0 Å². The van der Waals surface area contributed by atoms with Crippen LogP contribution in [0.15, 0.2) is 77.8 Å². The summed E-state index contributed by atoms with van der Waals surface area (Å²) in [5.74, 6) is 2.06. The van der Waals surface area contributed by atoms with E-state index in [-0.39, 0.29) is 4.90 Å². The van der Waals surface area contributed by atoms with Crippen LogP contribution in [-0.4, -0.2) is 41.8 Å². The van der Waals surface area contributed by atoms with E-state index in [4.69, 9.17) is 18.9 Å². The fourth-order valence-electron chi connectivity index (χ4n) is 3.89. The third kappa shape index (κ3) is 4.87. The predicted molar refractivity (Wildman–Crippen MR) is 133 cm³/mol. The van der Waals surface area contributed by atoms with Crippen molar-refractivity contribution >= 4 is 20.8 Å². The normalized spacial score (nSPS) is 12.2. The predicted octanol–water partition coefficient (Wildman–Crippen LogP) is 4.34. The van der Waals surface area contributed by atoms with E-state index in [1.807, 2.05) is 12.1 Å². The Morgan fingerprint density at radius 2 is 1.37 bits per heavy atom. The Balaban J connectivity index is 1.94. The van der Waals surface area contributed by atoms with E-state index in [0.717, 1.165) is 5.39 Å². The molecule has 4 aromatic rings. The van der Waals surface area contributed by atoms with Crippen molar-refractivity contribution in [1.82, 2.24) is 9.71 Å². The molecular formula is C26H26N2O6S. The Kier molecular flexibility index (Phi) is 7.09. The van der Waals surface area contributed by atoms with Crippen molar-refractivity contribution in [2.45, 2.75) is 10.9 Å². The quantitative estimate of drug-likeness (QED) is 0.370. The number of fused-ring (bicyclic) bond motifs is 1. The summed E-state index contributed by atoms with van der Waals surface area (Å²) in [5.41, 5.74) is 1.12. The molecule has 9 heteroatoms. The van der Waals surface area contributed by atoms with Gasteiger partial charge in [0, 0.05) is 11.6 Å². The van der Waals surface area contributed by atoms with Gasteiger partial charge in [0.15, 0.2) is 23.0 Å². The van der Waals surface area contributed by atoms with Crippen LogP contribution in [0.1, 0.15) is 17.3 Å². The van der Waals surface area contributed by atoms with Crippen LogP contribution >= 0.6 is 0 Å². The number of benzene rings is 3. The van der Waals surface area contributed by atoms with E-state index in [9.17, 15) is 8.42 Å². The molecule has 182 valence electrons. The second-order valence-corrected chi connectivity index (χ2v) is 9.32. The fourth-order valence-corrected chi connectivity index (χ4v) is 5.10. The average molecular weight is 495 g/mol. The van der Waals surface area contributed by atoms with Gasteiger partial charge < -0.3 is 18.9 Å². The molecule has 0 aliphatic rings. The average Bonchev–Trinajstić information content (AvgIpc) is 2.90. The van der Waals surface area contributed by atoms with Gasteiger partial charge in [-0.3, -0.25) is 4.98 Å². The number of rotatable bonds is 9. The van der Waals surface area contributed by atoms with Crippen molar-refractivity contribution in [3.05, 3.63) is 84.2 Å². The molecule has 8 nitrogen and oxygen atoms in total. The van der Waals surface area contributed by atoms with Crippen LogP contribution in [0.4, 0.5) is 0 Å². The van der Waals surface area contributed by atoms with Gasteiger partial charge in [0.2, 0.25) is 10.0 Å². The summed E-state index contributed by atoms with van der Waals surface area (Å²) in [6.07, 6.45) is 1.63. The van der Waals surface area contributed by atoms with Gasteiger partial charge in [0.1, 0.15) is 0 Å². The highest BCUT2D eigenvalue weighted by atomic mass is 32.2. The lowest BCUT2D eigenvalue weighted by atomic mass is 9.98. The van der Waals surface area contributed by atoms with Crippen molar-refractivity contribution in [2.75, 3.05) is 28.4 Å². The first-order valence-corrected chi connectivity index (χ1v) is 12.2. The first kappa shape index (κ1) is 24.3. The highest BCUT2D eigenvalue weighted by Gasteiger charge is 2.27. The largest absolute Gasteiger partial charge is 0.493 e. The lowest BCUT2D eigenvalue weighted by Crippen LogP contribution is -2.30. The number of nitrogens with one attached hydrogen (secondary N) is 1. The van der Waals surface area contributed by atoms with E-state index in [2.05, 4.69) is 9.71 Å². The summed E-state index contributed by atoms with van der Waals surface area (Å²) in [4.78, 5) is 4.74. The molecule has 35 heavy (non-hydrogen) atoms. The maximum Gasteiger partial charge on any atom is 0.241 e. The lowest BCUT2D eigenvalue weighted by molar-refractivity contribution is 0.354. The van der Waals surface area contributed by atoms with Crippen LogP contribution in [0.25, 0.3) is 10.8 Å². The van der Waals surface area contributed by atoms with Gasteiger partial charge in [-0.1, -0.05) is 24.3 Å². The molecule has 0 saturated carbocycles. The number of pyridine rings is 1. The molecule has 1 aromatic heterocycles. The summed E-state index contributed by atoms with van der Waals surface area (Å²) in [6, 6.07) is 18.0. The summed E-state index contributed by atoms with van der Waals surface area (Å²) in [6.45, 7) is 0. The van der Waals surface area contributed by atoms with E-state index < -0.39 is 16.1 Å². The number of hydrogen-bond acceptors (Lipinski definition) is 7. The number of aromatic nitrogens is 1. The molecule has 0 spiro atoms. The molecule has 0 aliphatic heterocycles. The fraction of sp³-hybridized carbons (Fsp3) is 0.192. The van der Waals surface area contributed by atoms with E-state index in [1.54, 1.807) is 82.1 Å². The van der Waals surface area contributed by atoms with Gasteiger partial charge in [-0.05, 0) is 53.4 Å². The van der Waals surface area contributed by atoms with Gasteiger partial charge in [0.05, 0.1) is 45.1 Å². The van der Waals surface area contributed by atoms with Crippen molar-refractivity contribution in [3.8, 4) is 23.0 Å².